The van der Waals surface area contributed by atoms with Crippen molar-refractivity contribution in [2.45, 2.75) is 0 Å². The molecule has 0 radical (unpaired) electrons. The lowest BCUT2D eigenvalue weighted by Gasteiger charge is -2.25. The predicted molar refractivity (Wildman–Crippen MR) is 241 cm³/mol. The van der Waals surface area contributed by atoms with Crippen LogP contribution in [0.5, 0.6) is 0 Å². The first-order chi connectivity index (χ1) is 27.3. The summed E-state index contributed by atoms with van der Waals surface area (Å²) >= 11 is 3.74. The molecule has 0 unspecified atom stereocenters. The van der Waals surface area contributed by atoms with Crippen molar-refractivity contribution in [1.29, 1.82) is 0 Å². The Hall–Kier alpha value is -6.52. The maximum absolute atomic E-state index is 2.41. The van der Waals surface area contributed by atoms with Gasteiger partial charge in [-0.25, -0.2) is 0 Å². The van der Waals surface area contributed by atoms with E-state index in [9.17, 15) is 0 Å². The van der Waals surface area contributed by atoms with Crippen LogP contribution in [-0.2, 0) is 0 Å². The van der Waals surface area contributed by atoms with Gasteiger partial charge in [-0.15, -0.1) is 22.7 Å². The van der Waals surface area contributed by atoms with Gasteiger partial charge in [-0.1, -0.05) is 140 Å². The Morgan fingerprint density at radius 3 is 1.78 bits per heavy atom. The predicted octanol–water partition coefficient (Wildman–Crippen LogP) is 16.0. The highest BCUT2D eigenvalue weighted by atomic mass is 32.1. The molecular weight excluding hydrogens is 703 g/mol. The molecule has 0 fully saturated rings. The number of para-hydroxylation sites is 1. The summed E-state index contributed by atoms with van der Waals surface area (Å²) in [4.78, 5) is 2.41. The molecule has 55 heavy (non-hydrogen) atoms. The highest BCUT2D eigenvalue weighted by molar-refractivity contribution is 7.26. The van der Waals surface area contributed by atoms with Crippen LogP contribution in [0.3, 0.4) is 0 Å². The molecule has 11 rings (SSSR count). The third-order valence-corrected chi connectivity index (χ3v) is 13.1. The van der Waals surface area contributed by atoms with Crippen LogP contribution in [-0.4, -0.2) is 0 Å². The molecule has 0 aliphatic carbocycles. The minimum Gasteiger partial charge on any atom is -0.310 e. The number of thiophene rings is 2. The second kappa shape index (κ2) is 13.1. The summed E-state index contributed by atoms with van der Waals surface area (Å²) in [5, 5.41) is 7.73. The number of rotatable bonds is 6. The number of anilines is 3. The average Bonchev–Trinajstić information content (AvgIpc) is 3.82. The Labute approximate surface area is 327 Å². The Morgan fingerprint density at radius 1 is 0.291 bits per heavy atom. The van der Waals surface area contributed by atoms with E-state index in [1.807, 2.05) is 22.7 Å². The maximum Gasteiger partial charge on any atom is 0.0476 e. The van der Waals surface area contributed by atoms with E-state index in [1.54, 1.807) is 0 Å². The number of benzene rings is 9. The van der Waals surface area contributed by atoms with Crippen LogP contribution < -0.4 is 4.90 Å². The van der Waals surface area contributed by atoms with Crippen LogP contribution in [0.15, 0.2) is 200 Å². The zero-order chi connectivity index (χ0) is 36.3. The molecule has 3 heteroatoms. The van der Waals surface area contributed by atoms with Crippen LogP contribution in [0, 0.1) is 0 Å². The van der Waals surface area contributed by atoms with Crippen LogP contribution in [0.2, 0.25) is 0 Å². The summed E-state index contributed by atoms with van der Waals surface area (Å²) in [6, 6.07) is 73.3. The first kappa shape index (κ1) is 32.0. The number of nitrogens with zero attached hydrogens (tertiary/aromatic N) is 1. The van der Waals surface area contributed by atoms with Crippen molar-refractivity contribution in [3.05, 3.63) is 200 Å². The summed E-state index contributed by atoms with van der Waals surface area (Å²) in [7, 11) is 0. The molecule has 2 heterocycles. The van der Waals surface area contributed by atoms with E-state index in [2.05, 4.69) is 205 Å². The molecule has 0 bridgehead atoms. The smallest absolute Gasteiger partial charge is 0.0476 e. The molecule has 0 atom stereocenters. The molecule has 9 aromatic carbocycles. The molecule has 0 spiro atoms. The van der Waals surface area contributed by atoms with E-state index >= 15 is 0 Å². The number of fused-ring (bicyclic) bond motifs is 7. The monoisotopic (exact) mass is 735 g/mol. The van der Waals surface area contributed by atoms with Gasteiger partial charge in [0.25, 0.3) is 0 Å². The van der Waals surface area contributed by atoms with Crippen molar-refractivity contribution < 1.29 is 0 Å². The van der Waals surface area contributed by atoms with Crippen molar-refractivity contribution in [1.82, 2.24) is 0 Å². The van der Waals surface area contributed by atoms with E-state index in [0.29, 0.717) is 0 Å². The SMILES string of the molecule is c1ccc(-c2ccccc2-c2ccc3sc4cc(N(c5ccccc5)c5ccc6sc7cccc(-c8cccc9ccccc89)c7c6c5)ccc4c3c2)cc1. The van der Waals surface area contributed by atoms with Gasteiger partial charge < -0.3 is 4.90 Å². The number of hydrogen-bond acceptors (Lipinski definition) is 3. The van der Waals surface area contributed by atoms with Gasteiger partial charge in [0, 0.05) is 57.4 Å². The molecule has 0 amide bonds. The summed E-state index contributed by atoms with van der Waals surface area (Å²) in [5.41, 5.74) is 11.0. The molecule has 0 aliphatic rings. The van der Waals surface area contributed by atoms with Crippen molar-refractivity contribution >= 4 is 90.9 Å². The zero-order valence-electron chi connectivity index (χ0n) is 29.8. The van der Waals surface area contributed by atoms with E-state index < -0.39 is 0 Å². The summed E-state index contributed by atoms with van der Waals surface area (Å²) in [6.45, 7) is 0. The van der Waals surface area contributed by atoms with Crippen molar-refractivity contribution in [2.24, 2.45) is 0 Å². The Balaban J connectivity index is 1.06. The van der Waals surface area contributed by atoms with Crippen LogP contribution in [0.25, 0.3) is 84.5 Å². The number of hydrogen-bond donors (Lipinski definition) is 0. The lowest BCUT2D eigenvalue weighted by molar-refractivity contribution is 1.30. The normalized spacial score (nSPS) is 11.6. The largest absolute Gasteiger partial charge is 0.310 e. The van der Waals surface area contributed by atoms with Crippen LogP contribution >= 0.6 is 22.7 Å². The molecule has 0 N–H and O–H groups in total. The van der Waals surface area contributed by atoms with Gasteiger partial charge in [-0.3, -0.25) is 0 Å². The molecule has 0 saturated heterocycles. The van der Waals surface area contributed by atoms with Gasteiger partial charge in [-0.05, 0) is 105 Å². The highest BCUT2D eigenvalue weighted by Crippen LogP contribution is 2.46. The second-order valence-electron chi connectivity index (χ2n) is 14.1. The summed E-state index contributed by atoms with van der Waals surface area (Å²) in [5.74, 6) is 0. The fraction of sp³-hybridized carbons (Fsp3) is 0. The average molecular weight is 736 g/mol. The van der Waals surface area contributed by atoms with E-state index in [4.69, 9.17) is 0 Å². The van der Waals surface area contributed by atoms with Crippen LogP contribution in [0.4, 0.5) is 17.1 Å². The maximum atomic E-state index is 2.41. The lowest BCUT2D eigenvalue weighted by Crippen LogP contribution is -2.09. The lowest BCUT2D eigenvalue weighted by atomic mass is 9.94. The Morgan fingerprint density at radius 2 is 0.909 bits per heavy atom. The molecule has 0 aliphatic heterocycles. The molecule has 0 saturated carbocycles. The van der Waals surface area contributed by atoms with Gasteiger partial charge in [0.15, 0.2) is 0 Å². The Kier molecular flexibility index (Phi) is 7.61. The van der Waals surface area contributed by atoms with Crippen molar-refractivity contribution in [3.63, 3.8) is 0 Å². The fourth-order valence-electron chi connectivity index (χ4n) is 8.34. The highest BCUT2D eigenvalue weighted by Gasteiger charge is 2.19. The van der Waals surface area contributed by atoms with Gasteiger partial charge >= 0.3 is 0 Å². The van der Waals surface area contributed by atoms with Gasteiger partial charge in [0.2, 0.25) is 0 Å². The van der Waals surface area contributed by atoms with Gasteiger partial charge in [-0.2, -0.15) is 0 Å². The third kappa shape index (κ3) is 5.43. The van der Waals surface area contributed by atoms with Gasteiger partial charge in [0.05, 0.1) is 0 Å². The minimum atomic E-state index is 1.14. The Bertz CT molecular complexity index is 3200. The minimum absolute atomic E-state index is 1.14. The van der Waals surface area contributed by atoms with E-state index in [1.165, 1.54) is 84.5 Å². The first-order valence-electron chi connectivity index (χ1n) is 18.7. The molecule has 258 valence electrons. The summed E-state index contributed by atoms with van der Waals surface area (Å²) in [6.07, 6.45) is 0. The molecule has 1 nitrogen and oxygen atoms in total. The van der Waals surface area contributed by atoms with Crippen molar-refractivity contribution in [3.8, 4) is 33.4 Å². The van der Waals surface area contributed by atoms with Gasteiger partial charge in [0.1, 0.15) is 0 Å². The first-order valence-corrected chi connectivity index (χ1v) is 20.3. The van der Waals surface area contributed by atoms with Crippen LogP contribution in [0.1, 0.15) is 0 Å². The molecule has 11 aromatic rings. The zero-order valence-corrected chi connectivity index (χ0v) is 31.4. The molecular formula is C52H33NS2. The standard InChI is InChI=1S/C52H33NS2/c1-3-13-34(14-4-1)40-19-9-10-21-42(40)36-25-29-48-46(31-36)44-28-26-39(33-51(44)55-48)53(37-17-5-2-6-18-37)38-27-30-49-47(32-38)52-45(23-12-24-50(52)54-49)43-22-11-16-35-15-7-8-20-41(35)43/h1-33H. The fourth-order valence-corrected chi connectivity index (χ4v) is 10.6. The summed E-state index contributed by atoms with van der Waals surface area (Å²) < 4.78 is 5.18. The topological polar surface area (TPSA) is 3.24 Å². The second-order valence-corrected chi connectivity index (χ2v) is 16.2. The quantitative estimate of drug-likeness (QED) is 0.164. The third-order valence-electron chi connectivity index (χ3n) is 10.9. The van der Waals surface area contributed by atoms with E-state index in [-0.39, 0.29) is 0 Å². The van der Waals surface area contributed by atoms with Crippen molar-refractivity contribution in [2.75, 3.05) is 4.90 Å². The van der Waals surface area contributed by atoms with E-state index in [0.717, 1.165) is 17.1 Å². The molecule has 2 aromatic heterocycles.